The first-order valence-electron chi connectivity index (χ1n) is 16.0. The largest absolute Gasteiger partial charge is 0.493 e. The molecule has 2 atom stereocenters. The zero-order valence-corrected chi connectivity index (χ0v) is 28.6. The van der Waals surface area contributed by atoms with E-state index in [-0.39, 0.29) is 0 Å². The van der Waals surface area contributed by atoms with Gasteiger partial charge in [-0.25, -0.2) is 0 Å². The van der Waals surface area contributed by atoms with Crippen LogP contribution in [0.2, 0.25) is 0 Å². The molecule has 0 fully saturated rings. The summed E-state index contributed by atoms with van der Waals surface area (Å²) in [7, 11) is 0. The Labute approximate surface area is 256 Å². The second-order valence-corrected chi connectivity index (χ2v) is 13.7. The van der Waals surface area contributed by atoms with Crippen molar-refractivity contribution in [2.75, 3.05) is 13.2 Å². The fourth-order valence-electron chi connectivity index (χ4n) is 4.97. The highest BCUT2D eigenvalue weighted by Crippen LogP contribution is 2.29. The smallest absolute Gasteiger partial charge is 0.122 e. The summed E-state index contributed by atoms with van der Waals surface area (Å²) in [5.41, 5.74) is 6.87. The topological polar surface area (TPSA) is 44.2 Å². The van der Waals surface area contributed by atoms with Gasteiger partial charge >= 0.3 is 0 Å². The molecule has 1 heterocycles. The van der Waals surface area contributed by atoms with Crippen LogP contribution in [0.1, 0.15) is 115 Å². The highest BCUT2D eigenvalue weighted by Gasteiger charge is 2.10. The van der Waals surface area contributed by atoms with Crippen LogP contribution in [0.4, 0.5) is 0 Å². The molecule has 1 aromatic heterocycles. The number of hydrogen-bond acceptors (Lipinski definition) is 5. The van der Waals surface area contributed by atoms with Crippen molar-refractivity contribution < 1.29 is 9.47 Å². The second-order valence-electron chi connectivity index (χ2n) is 13.2. The molecule has 5 heteroatoms. The fourth-order valence-corrected chi connectivity index (χ4v) is 5.63. The van der Waals surface area contributed by atoms with Gasteiger partial charge in [-0.1, -0.05) is 92.2 Å². The van der Waals surface area contributed by atoms with Crippen molar-refractivity contribution in [3.05, 3.63) is 46.5 Å². The van der Waals surface area contributed by atoms with E-state index in [0.29, 0.717) is 0 Å². The molecule has 3 rings (SSSR count). The standard InChI is InChI=1S/C28H50O2.C8H8N2S/c1-21(2)11-9-13-23(5)15-17-29-27-19-26(8)28(20-25(27)7)30-18-16-24(6)14-10-12-22(3)4;1-5-3-4-6(2)8-7(5)9-11-10-8/h19-24H,9-18H2,1-8H3;3-4H,1-2H3. The van der Waals surface area contributed by atoms with E-state index in [1.807, 2.05) is 0 Å². The van der Waals surface area contributed by atoms with Crippen LogP contribution in [0.3, 0.4) is 0 Å². The minimum absolute atomic E-state index is 0.732. The normalized spacial score (nSPS) is 12.9. The maximum Gasteiger partial charge on any atom is 0.122 e. The molecule has 2 unspecified atom stereocenters. The second kappa shape index (κ2) is 18.4. The number of aromatic nitrogens is 2. The number of aryl methyl sites for hydroxylation is 4. The lowest BCUT2D eigenvalue weighted by Gasteiger charge is -2.17. The SMILES string of the molecule is Cc1cc(OCCC(C)CCCC(C)C)c(C)cc1OCCC(C)CCCC(C)C.Cc1ccc(C)c2nsnc12. The van der Waals surface area contributed by atoms with E-state index < -0.39 is 0 Å². The Balaban J connectivity index is 0.000000438. The molecule has 0 saturated heterocycles. The number of rotatable bonds is 16. The van der Waals surface area contributed by atoms with Crippen LogP contribution < -0.4 is 9.47 Å². The lowest BCUT2D eigenvalue weighted by molar-refractivity contribution is 0.267. The van der Waals surface area contributed by atoms with Crippen molar-refractivity contribution in [3.63, 3.8) is 0 Å². The highest BCUT2D eigenvalue weighted by atomic mass is 32.1. The monoisotopic (exact) mass is 582 g/mol. The van der Waals surface area contributed by atoms with Gasteiger partial charge in [0.15, 0.2) is 0 Å². The van der Waals surface area contributed by atoms with Crippen molar-refractivity contribution in [2.24, 2.45) is 23.7 Å². The van der Waals surface area contributed by atoms with E-state index in [1.165, 1.54) is 72.5 Å². The Morgan fingerprint density at radius 2 is 0.951 bits per heavy atom. The lowest BCUT2D eigenvalue weighted by atomic mass is 9.97. The Kier molecular flexibility index (Phi) is 15.7. The third-order valence-corrected chi connectivity index (χ3v) is 8.51. The zero-order valence-electron chi connectivity index (χ0n) is 27.8. The molecule has 0 aliphatic heterocycles. The molecule has 0 N–H and O–H groups in total. The van der Waals surface area contributed by atoms with Crippen LogP contribution in [0.15, 0.2) is 24.3 Å². The number of benzene rings is 2. The first-order chi connectivity index (χ1) is 19.5. The predicted octanol–water partition coefficient (Wildman–Crippen LogP) is 11.1. The van der Waals surface area contributed by atoms with Crippen molar-refractivity contribution in [1.29, 1.82) is 0 Å². The molecule has 4 nitrogen and oxygen atoms in total. The Bertz CT molecular complexity index is 1070. The van der Waals surface area contributed by atoms with Gasteiger partial charge in [0.05, 0.1) is 24.9 Å². The third-order valence-electron chi connectivity index (χ3n) is 7.98. The Morgan fingerprint density at radius 1 is 0.561 bits per heavy atom. The number of hydrogen-bond donors (Lipinski definition) is 0. The minimum Gasteiger partial charge on any atom is -0.493 e. The summed E-state index contributed by atoms with van der Waals surface area (Å²) in [6.07, 6.45) is 10.2. The molecule has 2 aromatic carbocycles. The molecular weight excluding hydrogens is 524 g/mol. The summed E-state index contributed by atoms with van der Waals surface area (Å²) in [4.78, 5) is 0. The average Bonchev–Trinajstić information content (AvgIpc) is 3.40. The summed E-state index contributed by atoms with van der Waals surface area (Å²) >= 11 is 1.28. The van der Waals surface area contributed by atoms with Crippen LogP contribution >= 0.6 is 11.7 Å². The number of ether oxygens (including phenoxy) is 2. The molecular formula is C36H58N2O2S. The van der Waals surface area contributed by atoms with E-state index in [4.69, 9.17) is 9.47 Å². The first kappa shape index (κ1) is 35.1. The van der Waals surface area contributed by atoms with Gasteiger partial charge in [0.25, 0.3) is 0 Å². The Hall–Kier alpha value is -2.14. The zero-order chi connectivity index (χ0) is 30.4. The molecule has 0 bridgehead atoms. The van der Waals surface area contributed by atoms with Crippen LogP contribution in [-0.4, -0.2) is 22.0 Å². The summed E-state index contributed by atoms with van der Waals surface area (Å²) in [6.45, 7) is 23.9. The summed E-state index contributed by atoms with van der Waals surface area (Å²) < 4.78 is 20.7. The van der Waals surface area contributed by atoms with Gasteiger partial charge in [-0.3, -0.25) is 0 Å². The molecule has 3 aromatic rings. The first-order valence-corrected chi connectivity index (χ1v) is 16.8. The van der Waals surface area contributed by atoms with Gasteiger partial charge in [-0.05, 0) is 98.6 Å². The van der Waals surface area contributed by atoms with E-state index >= 15 is 0 Å². The number of nitrogens with zero attached hydrogens (tertiary/aromatic N) is 2. The van der Waals surface area contributed by atoms with Gasteiger partial charge in [-0.2, -0.15) is 8.75 Å². The van der Waals surface area contributed by atoms with Crippen molar-refractivity contribution >= 4 is 22.8 Å². The Morgan fingerprint density at radius 3 is 1.32 bits per heavy atom. The summed E-state index contributed by atoms with van der Waals surface area (Å²) in [6, 6.07) is 8.47. The van der Waals surface area contributed by atoms with Crippen molar-refractivity contribution in [1.82, 2.24) is 8.75 Å². The minimum atomic E-state index is 0.732. The van der Waals surface area contributed by atoms with Gasteiger partial charge < -0.3 is 9.47 Å². The van der Waals surface area contributed by atoms with Crippen LogP contribution in [0.5, 0.6) is 11.5 Å². The quantitative estimate of drug-likeness (QED) is 0.168. The highest BCUT2D eigenvalue weighted by molar-refractivity contribution is 7.00. The van der Waals surface area contributed by atoms with E-state index in [9.17, 15) is 0 Å². The van der Waals surface area contributed by atoms with Crippen LogP contribution in [0.25, 0.3) is 11.0 Å². The van der Waals surface area contributed by atoms with Crippen molar-refractivity contribution in [2.45, 2.75) is 121 Å². The van der Waals surface area contributed by atoms with E-state index in [2.05, 4.69) is 102 Å². The molecule has 0 aliphatic rings. The van der Waals surface area contributed by atoms with Crippen molar-refractivity contribution in [3.8, 4) is 11.5 Å². The maximum absolute atomic E-state index is 6.12. The molecule has 0 saturated carbocycles. The van der Waals surface area contributed by atoms with Gasteiger partial charge in [-0.15, -0.1) is 0 Å². The molecule has 0 aliphatic carbocycles. The molecule has 41 heavy (non-hydrogen) atoms. The van der Waals surface area contributed by atoms with Gasteiger partial charge in [0.2, 0.25) is 0 Å². The average molecular weight is 583 g/mol. The molecule has 230 valence electrons. The summed E-state index contributed by atoms with van der Waals surface area (Å²) in [5.74, 6) is 5.11. The molecule has 0 spiro atoms. The van der Waals surface area contributed by atoms with Gasteiger partial charge in [0, 0.05) is 0 Å². The van der Waals surface area contributed by atoms with E-state index in [0.717, 1.165) is 72.3 Å². The third kappa shape index (κ3) is 13.1. The van der Waals surface area contributed by atoms with Crippen LogP contribution in [0, 0.1) is 51.4 Å². The number of fused-ring (bicyclic) bond motifs is 1. The van der Waals surface area contributed by atoms with Gasteiger partial charge in [0.1, 0.15) is 22.5 Å². The molecule has 0 amide bonds. The fraction of sp³-hybridized carbons (Fsp3) is 0.667. The molecule has 0 radical (unpaired) electrons. The van der Waals surface area contributed by atoms with E-state index in [1.54, 1.807) is 0 Å². The lowest BCUT2D eigenvalue weighted by Crippen LogP contribution is -2.07. The predicted molar refractivity (Wildman–Crippen MR) is 179 cm³/mol. The van der Waals surface area contributed by atoms with Crippen LogP contribution in [-0.2, 0) is 0 Å². The maximum atomic E-state index is 6.12. The summed E-state index contributed by atoms with van der Waals surface area (Å²) in [5, 5.41) is 0.